The number of aliphatic hydroxyl groups is 3. The van der Waals surface area contributed by atoms with Gasteiger partial charge in [0.2, 0.25) is 0 Å². The van der Waals surface area contributed by atoms with Crippen molar-refractivity contribution in [3.05, 3.63) is 10.4 Å². The molecule has 0 unspecified atom stereocenters. The highest BCUT2D eigenvalue weighted by atomic mass is 16.6. The highest BCUT2D eigenvalue weighted by molar-refractivity contribution is 4.88. The van der Waals surface area contributed by atoms with E-state index in [2.05, 4.69) is 10.0 Å². The van der Waals surface area contributed by atoms with Crippen LogP contribution in [0.1, 0.15) is 0 Å². The van der Waals surface area contributed by atoms with E-state index in [0.29, 0.717) is 0 Å². The van der Waals surface area contributed by atoms with Gasteiger partial charge < -0.3 is 20.1 Å². The van der Waals surface area contributed by atoms with E-state index in [-0.39, 0.29) is 0 Å². The summed E-state index contributed by atoms with van der Waals surface area (Å²) in [5, 5.41) is 30.0. The molecule has 0 aliphatic carbocycles. The van der Waals surface area contributed by atoms with Gasteiger partial charge in [0.15, 0.2) is 6.23 Å². The van der Waals surface area contributed by atoms with Crippen LogP contribution in [-0.4, -0.2) is 46.5 Å². The fourth-order valence-corrected chi connectivity index (χ4v) is 1.03. The summed E-state index contributed by atoms with van der Waals surface area (Å²) in [6, 6.07) is 0. The summed E-state index contributed by atoms with van der Waals surface area (Å²) in [7, 11) is 0. The van der Waals surface area contributed by atoms with Gasteiger partial charge >= 0.3 is 0 Å². The minimum absolute atomic E-state index is 0.421. The Balaban J connectivity index is 2.66. The van der Waals surface area contributed by atoms with Crippen molar-refractivity contribution < 1.29 is 20.1 Å². The highest BCUT2D eigenvalue weighted by Crippen LogP contribution is 2.21. The van der Waals surface area contributed by atoms with E-state index in [9.17, 15) is 0 Å². The van der Waals surface area contributed by atoms with E-state index in [1.165, 1.54) is 0 Å². The smallest absolute Gasteiger partial charge is 0.165 e. The molecule has 12 heavy (non-hydrogen) atoms. The highest BCUT2D eigenvalue weighted by Gasteiger charge is 2.41. The van der Waals surface area contributed by atoms with Gasteiger partial charge in [-0.3, -0.25) is 0 Å². The normalized spacial score (nSPS) is 40.9. The molecule has 7 nitrogen and oxygen atoms in total. The maximum atomic E-state index is 9.14. The number of ether oxygens (including phenoxy) is 1. The van der Waals surface area contributed by atoms with Crippen LogP contribution in [0.4, 0.5) is 0 Å². The lowest BCUT2D eigenvalue weighted by Gasteiger charge is -2.10. The van der Waals surface area contributed by atoms with Crippen molar-refractivity contribution in [1.82, 2.24) is 0 Å². The molecule has 7 heteroatoms. The predicted molar refractivity (Wildman–Crippen MR) is 36.9 cm³/mol. The maximum Gasteiger partial charge on any atom is 0.165 e. The molecule has 1 aliphatic rings. The summed E-state index contributed by atoms with van der Waals surface area (Å²) in [6.45, 7) is -0.421. The lowest BCUT2D eigenvalue weighted by Crippen LogP contribution is -2.33. The summed E-state index contributed by atoms with van der Waals surface area (Å²) in [5.74, 6) is 0. The zero-order chi connectivity index (χ0) is 9.14. The first-order chi connectivity index (χ1) is 5.70. The lowest BCUT2D eigenvalue weighted by atomic mass is 10.1. The van der Waals surface area contributed by atoms with Crippen LogP contribution in [0.2, 0.25) is 0 Å². The fraction of sp³-hybridized carbons (Fsp3) is 1.00. The Bertz CT molecular complexity index is 205. The molecule has 4 atom stereocenters. The molecular formula is C5H9N3O4. The Morgan fingerprint density at radius 1 is 1.42 bits per heavy atom. The molecule has 1 fully saturated rings. The summed E-state index contributed by atoms with van der Waals surface area (Å²) in [4.78, 5) is 2.42. The number of azide groups is 1. The van der Waals surface area contributed by atoms with E-state index in [0.717, 1.165) is 0 Å². The molecule has 0 amide bonds. The second kappa shape index (κ2) is 3.70. The van der Waals surface area contributed by atoms with Crippen LogP contribution in [0.25, 0.3) is 10.4 Å². The number of nitrogens with zero attached hydrogens (tertiary/aromatic N) is 3. The fourth-order valence-electron chi connectivity index (χ4n) is 1.03. The Morgan fingerprint density at radius 3 is 2.50 bits per heavy atom. The SMILES string of the molecule is [N-]=[N+]=N[C@@H]1O[C@@H](CO)[C@H](O)[C@H]1O. The molecular weight excluding hydrogens is 166 g/mol. The minimum atomic E-state index is -1.27. The van der Waals surface area contributed by atoms with Crippen LogP contribution in [-0.2, 0) is 4.74 Å². The van der Waals surface area contributed by atoms with Crippen molar-refractivity contribution in [2.75, 3.05) is 6.61 Å². The largest absolute Gasteiger partial charge is 0.394 e. The standard InChI is InChI=1S/C5H9N3O4/c6-8-7-5-4(11)3(10)2(1-9)12-5/h2-5,9-11H,1H2/t2-,3-,4+,5+/m0/s1. The third-order valence-electron chi connectivity index (χ3n) is 1.68. The molecule has 0 aromatic rings. The second-order valence-electron chi connectivity index (χ2n) is 2.43. The average molecular weight is 175 g/mol. The van der Waals surface area contributed by atoms with Gasteiger partial charge in [0.05, 0.1) is 6.61 Å². The van der Waals surface area contributed by atoms with Crippen molar-refractivity contribution in [1.29, 1.82) is 0 Å². The van der Waals surface area contributed by atoms with E-state index >= 15 is 0 Å². The first kappa shape index (κ1) is 9.24. The van der Waals surface area contributed by atoms with Gasteiger partial charge in [0, 0.05) is 4.91 Å². The zero-order valence-electron chi connectivity index (χ0n) is 6.11. The van der Waals surface area contributed by atoms with Crippen LogP contribution in [0.5, 0.6) is 0 Å². The number of rotatable bonds is 2. The quantitative estimate of drug-likeness (QED) is 0.275. The molecule has 0 radical (unpaired) electrons. The minimum Gasteiger partial charge on any atom is -0.394 e. The molecule has 0 aromatic heterocycles. The average Bonchev–Trinajstić information content (AvgIpc) is 2.33. The van der Waals surface area contributed by atoms with Gasteiger partial charge in [-0.15, -0.1) is 0 Å². The van der Waals surface area contributed by atoms with Gasteiger partial charge in [-0.05, 0) is 5.53 Å². The predicted octanol–water partition coefficient (Wildman–Crippen LogP) is -1.26. The monoisotopic (exact) mass is 175 g/mol. The molecule has 68 valence electrons. The van der Waals surface area contributed by atoms with Crippen LogP contribution in [0.3, 0.4) is 0 Å². The third kappa shape index (κ3) is 1.50. The van der Waals surface area contributed by atoms with Crippen molar-refractivity contribution in [3.63, 3.8) is 0 Å². The van der Waals surface area contributed by atoms with Crippen LogP contribution >= 0.6 is 0 Å². The molecule has 0 bridgehead atoms. The van der Waals surface area contributed by atoms with Gasteiger partial charge in [-0.25, -0.2) is 0 Å². The van der Waals surface area contributed by atoms with Crippen molar-refractivity contribution in [3.8, 4) is 0 Å². The first-order valence-electron chi connectivity index (χ1n) is 3.37. The summed E-state index contributed by atoms with van der Waals surface area (Å²) < 4.78 is 4.81. The molecule has 0 spiro atoms. The van der Waals surface area contributed by atoms with E-state index < -0.39 is 31.1 Å². The van der Waals surface area contributed by atoms with E-state index in [1.807, 2.05) is 0 Å². The lowest BCUT2D eigenvalue weighted by molar-refractivity contribution is -0.0198. The Labute approximate surface area is 67.8 Å². The van der Waals surface area contributed by atoms with Crippen LogP contribution in [0, 0.1) is 0 Å². The second-order valence-corrected chi connectivity index (χ2v) is 2.43. The Morgan fingerprint density at radius 2 is 2.08 bits per heavy atom. The third-order valence-corrected chi connectivity index (χ3v) is 1.68. The maximum absolute atomic E-state index is 9.14. The van der Waals surface area contributed by atoms with Crippen LogP contribution in [0.15, 0.2) is 5.11 Å². The zero-order valence-corrected chi connectivity index (χ0v) is 6.11. The van der Waals surface area contributed by atoms with E-state index in [4.69, 9.17) is 25.6 Å². The topological polar surface area (TPSA) is 119 Å². The molecule has 1 heterocycles. The summed E-state index contributed by atoms with van der Waals surface area (Å²) >= 11 is 0. The molecule has 1 saturated heterocycles. The van der Waals surface area contributed by atoms with Crippen molar-refractivity contribution in [2.24, 2.45) is 5.11 Å². The first-order valence-corrected chi connectivity index (χ1v) is 3.37. The molecule has 1 rings (SSSR count). The number of aliphatic hydroxyl groups excluding tert-OH is 3. The van der Waals surface area contributed by atoms with Gasteiger partial charge in [-0.1, -0.05) is 5.11 Å². The van der Waals surface area contributed by atoms with E-state index in [1.54, 1.807) is 0 Å². The summed E-state index contributed by atoms with van der Waals surface area (Å²) in [6.07, 6.45) is -4.46. The number of hydrogen-bond acceptors (Lipinski definition) is 5. The Kier molecular flexibility index (Phi) is 2.85. The molecule has 3 N–H and O–H groups in total. The van der Waals surface area contributed by atoms with Crippen molar-refractivity contribution in [2.45, 2.75) is 24.5 Å². The van der Waals surface area contributed by atoms with Crippen LogP contribution < -0.4 is 0 Å². The molecule has 1 aliphatic heterocycles. The van der Waals surface area contributed by atoms with Crippen molar-refractivity contribution >= 4 is 0 Å². The Hall–Kier alpha value is -0.850. The van der Waals surface area contributed by atoms with Gasteiger partial charge in [-0.2, -0.15) is 0 Å². The van der Waals surface area contributed by atoms with Gasteiger partial charge in [0.25, 0.3) is 0 Å². The molecule has 0 saturated carbocycles. The molecule has 0 aromatic carbocycles. The number of hydrogen-bond donors (Lipinski definition) is 3. The van der Waals surface area contributed by atoms with Gasteiger partial charge in [0.1, 0.15) is 18.3 Å². The summed E-state index contributed by atoms with van der Waals surface area (Å²) in [5.41, 5.74) is 8.01.